The third-order valence-electron chi connectivity index (χ3n) is 3.18. The van der Waals surface area contributed by atoms with Crippen LogP contribution in [0.15, 0.2) is 36.4 Å². The van der Waals surface area contributed by atoms with Crippen molar-refractivity contribution < 1.29 is 30.0 Å². The molecular weight excluding hydrogens is 316 g/mol. The molecule has 0 heterocycles. The van der Waals surface area contributed by atoms with Crippen LogP contribution in [0.25, 0.3) is 0 Å². The van der Waals surface area contributed by atoms with E-state index in [2.05, 4.69) is 10.6 Å². The molecule has 0 aliphatic rings. The zero-order valence-corrected chi connectivity index (χ0v) is 12.5. The van der Waals surface area contributed by atoms with Gasteiger partial charge in [-0.05, 0) is 24.3 Å². The van der Waals surface area contributed by atoms with Gasteiger partial charge in [0.15, 0.2) is 17.2 Å². The quantitative estimate of drug-likeness (QED) is 0.351. The van der Waals surface area contributed by atoms with Gasteiger partial charge in [-0.3, -0.25) is 9.59 Å². The molecule has 0 unspecified atom stereocenters. The molecule has 2 rings (SSSR count). The van der Waals surface area contributed by atoms with Crippen LogP contribution in [0.3, 0.4) is 0 Å². The molecule has 0 atom stereocenters. The zero-order valence-electron chi connectivity index (χ0n) is 12.5. The maximum Gasteiger partial charge on any atom is 0.255 e. The first-order chi connectivity index (χ1) is 11.4. The Morgan fingerprint density at radius 2 is 1.33 bits per heavy atom. The number of phenols is 4. The summed E-state index contributed by atoms with van der Waals surface area (Å²) in [5.41, 5.74) is 0.0760. The molecule has 2 aromatic rings. The summed E-state index contributed by atoms with van der Waals surface area (Å²) in [7, 11) is 0. The first-order valence-corrected chi connectivity index (χ1v) is 6.99. The SMILES string of the molecule is O=C(NCCNC(=O)c1ccccc1O)c1cc(O)c(O)c(O)c1. The number of nitrogens with one attached hydrogen (secondary N) is 2. The van der Waals surface area contributed by atoms with Crippen molar-refractivity contribution in [3.05, 3.63) is 47.5 Å². The van der Waals surface area contributed by atoms with Crippen molar-refractivity contribution in [2.45, 2.75) is 0 Å². The Morgan fingerprint density at radius 3 is 1.92 bits per heavy atom. The number of amides is 2. The molecule has 2 aromatic carbocycles. The second kappa shape index (κ2) is 7.23. The van der Waals surface area contributed by atoms with Crippen molar-refractivity contribution >= 4 is 11.8 Å². The Balaban J connectivity index is 1.85. The zero-order chi connectivity index (χ0) is 17.7. The van der Waals surface area contributed by atoms with E-state index in [1.54, 1.807) is 12.1 Å². The predicted octanol–water partition coefficient (Wildman–Crippen LogP) is 0.669. The standard InChI is InChI=1S/C16H16N2O6/c19-11-4-2-1-3-10(11)16(24)18-6-5-17-15(23)9-7-12(20)14(22)13(21)8-9/h1-4,7-8,19-22H,5-6H2,(H,17,23)(H,18,24). The molecule has 0 spiro atoms. The molecule has 0 bridgehead atoms. The van der Waals surface area contributed by atoms with Gasteiger partial charge in [0, 0.05) is 18.7 Å². The number of hydrogen-bond donors (Lipinski definition) is 6. The minimum atomic E-state index is -0.707. The van der Waals surface area contributed by atoms with E-state index in [1.807, 2.05) is 0 Å². The van der Waals surface area contributed by atoms with E-state index < -0.39 is 29.1 Å². The van der Waals surface area contributed by atoms with Crippen LogP contribution in [0, 0.1) is 0 Å². The van der Waals surface area contributed by atoms with E-state index in [0.29, 0.717) is 0 Å². The van der Waals surface area contributed by atoms with Gasteiger partial charge in [0.05, 0.1) is 5.56 Å². The monoisotopic (exact) mass is 332 g/mol. The number of carbonyl (C=O) groups excluding carboxylic acids is 2. The van der Waals surface area contributed by atoms with Gasteiger partial charge in [0.2, 0.25) is 0 Å². The molecule has 8 heteroatoms. The number of hydrogen-bond acceptors (Lipinski definition) is 6. The van der Waals surface area contributed by atoms with E-state index >= 15 is 0 Å². The summed E-state index contributed by atoms with van der Waals surface area (Å²) in [5, 5.41) is 42.5. The molecule has 0 saturated heterocycles. The second-order valence-corrected chi connectivity index (χ2v) is 4.89. The van der Waals surface area contributed by atoms with Gasteiger partial charge < -0.3 is 31.1 Å². The summed E-state index contributed by atoms with van der Waals surface area (Å²) >= 11 is 0. The maximum absolute atomic E-state index is 11.9. The molecule has 0 aromatic heterocycles. The fourth-order valence-corrected chi connectivity index (χ4v) is 1.95. The number of para-hydroxylation sites is 1. The summed E-state index contributed by atoms with van der Waals surface area (Å²) < 4.78 is 0. The molecule has 0 fully saturated rings. The number of carbonyl (C=O) groups is 2. The Morgan fingerprint density at radius 1 is 0.792 bits per heavy atom. The average molecular weight is 332 g/mol. The Hall–Kier alpha value is -3.42. The van der Waals surface area contributed by atoms with Gasteiger partial charge in [-0.1, -0.05) is 12.1 Å². The predicted molar refractivity (Wildman–Crippen MR) is 84.2 cm³/mol. The normalized spacial score (nSPS) is 10.2. The minimum Gasteiger partial charge on any atom is -0.507 e. The smallest absolute Gasteiger partial charge is 0.255 e. The summed E-state index contributed by atoms with van der Waals surface area (Å²) in [5.74, 6) is -3.17. The van der Waals surface area contributed by atoms with Gasteiger partial charge in [0.1, 0.15) is 5.75 Å². The molecule has 8 nitrogen and oxygen atoms in total. The van der Waals surface area contributed by atoms with E-state index in [4.69, 9.17) is 0 Å². The highest BCUT2D eigenvalue weighted by atomic mass is 16.3. The Labute approximate surface area is 137 Å². The Bertz CT molecular complexity index is 752. The molecule has 0 aliphatic heterocycles. The third kappa shape index (κ3) is 3.86. The lowest BCUT2D eigenvalue weighted by Crippen LogP contribution is -2.34. The van der Waals surface area contributed by atoms with Gasteiger partial charge in [-0.2, -0.15) is 0 Å². The molecular formula is C16H16N2O6. The van der Waals surface area contributed by atoms with Gasteiger partial charge in [-0.25, -0.2) is 0 Å². The van der Waals surface area contributed by atoms with Crippen molar-refractivity contribution in [1.82, 2.24) is 10.6 Å². The van der Waals surface area contributed by atoms with E-state index in [9.17, 15) is 30.0 Å². The van der Waals surface area contributed by atoms with Crippen LogP contribution in [-0.2, 0) is 0 Å². The molecule has 2 amide bonds. The highest BCUT2D eigenvalue weighted by molar-refractivity contribution is 5.97. The van der Waals surface area contributed by atoms with E-state index in [-0.39, 0.29) is 30.0 Å². The number of phenolic OH excluding ortho intramolecular Hbond substituents is 4. The van der Waals surface area contributed by atoms with Crippen LogP contribution in [0.1, 0.15) is 20.7 Å². The van der Waals surface area contributed by atoms with Crippen molar-refractivity contribution in [3.8, 4) is 23.0 Å². The number of rotatable bonds is 5. The molecule has 0 radical (unpaired) electrons. The molecule has 24 heavy (non-hydrogen) atoms. The van der Waals surface area contributed by atoms with Crippen LogP contribution in [0.5, 0.6) is 23.0 Å². The van der Waals surface area contributed by atoms with Crippen molar-refractivity contribution in [2.75, 3.05) is 13.1 Å². The van der Waals surface area contributed by atoms with Crippen LogP contribution in [0.4, 0.5) is 0 Å². The maximum atomic E-state index is 11.9. The second-order valence-electron chi connectivity index (χ2n) is 4.89. The lowest BCUT2D eigenvalue weighted by atomic mass is 10.1. The topological polar surface area (TPSA) is 139 Å². The summed E-state index contributed by atoms with van der Waals surface area (Å²) in [4.78, 5) is 23.7. The lowest BCUT2D eigenvalue weighted by molar-refractivity contribution is 0.0926. The summed E-state index contributed by atoms with van der Waals surface area (Å²) in [6.07, 6.45) is 0. The van der Waals surface area contributed by atoms with Crippen molar-refractivity contribution in [2.24, 2.45) is 0 Å². The largest absolute Gasteiger partial charge is 0.507 e. The van der Waals surface area contributed by atoms with Crippen LogP contribution in [0.2, 0.25) is 0 Å². The number of benzene rings is 2. The molecule has 0 saturated carbocycles. The van der Waals surface area contributed by atoms with Gasteiger partial charge in [-0.15, -0.1) is 0 Å². The highest BCUT2D eigenvalue weighted by Gasteiger charge is 2.13. The van der Waals surface area contributed by atoms with Crippen LogP contribution in [-0.4, -0.2) is 45.3 Å². The first-order valence-electron chi connectivity index (χ1n) is 6.99. The molecule has 0 aliphatic carbocycles. The fourth-order valence-electron chi connectivity index (χ4n) is 1.95. The van der Waals surface area contributed by atoms with Crippen LogP contribution >= 0.6 is 0 Å². The van der Waals surface area contributed by atoms with E-state index in [1.165, 1.54) is 12.1 Å². The third-order valence-corrected chi connectivity index (χ3v) is 3.18. The highest BCUT2D eigenvalue weighted by Crippen LogP contribution is 2.35. The van der Waals surface area contributed by atoms with Crippen molar-refractivity contribution in [1.29, 1.82) is 0 Å². The summed E-state index contributed by atoms with van der Waals surface area (Å²) in [6, 6.07) is 8.07. The average Bonchev–Trinajstić information content (AvgIpc) is 2.56. The van der Waals surface area contributed by atoms with Crippen LogP contribution < -0.4 is 10.6 Å². The lowest BCUT2D eigenvalue weighted by Gasteiger charge is -2.09. The molecule has 126 valence electrons. The first kappa shape index (κ1) is 16.9. The number of aromatic hydroxyl groups is 4. The molecule has 6 N–H and O–H groups in total. The summed E-state index contributed by atoms with van der Waals surface area (Å²) in [6.45, 7) is 0.190. The van der Waals surface area contributed by atoms with Crippen molar-refractivity contribution in [3.63, 3.8) is 0 Å². The van der Waals surface area contributed by atoms with Gasteiger partial charge >= 0.3 is 0 Å². The Kier molecular flexibility index (Phi) is 5.10. The van der Waals surface area contributed by atoms with Gasteiger partial charge in [0.25, 0.3) is 11.8 Å². The minimum absolute atomic E-state index is 0.0465. The fraction of sp³-hybridized carbons (Fsp3) is 0.125. The van der Waals surface area contributed by atoms with E-state index in [0.717, 1.165) is 12.1 Å².